The van der Waals surface area contributed by atoms with Crippen molar-refractivity contribution in [3.8, 4) is 6.07 Å². The lowest BCUT2D eigenvalue weighted by molar-refractivity contribution is -0.929. The van der Waals surface area contributed by atoms with Crippen LogP contribution < -0.4 is 25.0 Å². The topological polar surface area (TPSA) is 80.5 Å². The summed E-state index contributed by atoms with van der Waals surface area (Å²) < 4.78 is 11.1. The van der Waals surface area contributed by atoms with Crippen molar-refractivity contribution in [1.82, 2.24) is 0 Å². The highest BCUT2D eigenvalue weighted by Crippen LogP contribution is 2.28. The summed E-state index contributed by atoms with van der Waals surface area (Å²) in [6.07, 6.45) is 2.05. The van der Waals surface area contributed by atoms with Gasteiger partial charge in [0, 0.05) is 18.4 Å². The van der Waals surface area contributed by atoms with Crippen LogP contribution in [0, 0.1) is 11.3 Å². The highest BCUT2D eigenvalue weighted by molar-refractivity contribution is 5.61. The first-order valence-electron chi connectivity index (χ1n) is 13.2. The molecule has 1 unspecified atom stereocenters. The van der Waals surface area contributed by atoms with E-state index in [2.05, 4.69) is 51.6 Å². The molecule has 186 valence electrons. The van der Waals surface area contributed by atoms with Gasteiger partial charge in [-0.15, -0.1) is 0 Å². The second-order valence-electron chi connectivity index (χ2n) is 9.87. The van der Waals surface area contributed by atoms with E-state index < -0.39 is 0 Å². The van der Waals surface area contributed by atoms with Gasteiger partial charge in [0.15, 0.2) is 0 Å². The predicted molar refractivity (Wildman–Crippen MR) is 134 cm³/mol. The third-order valence-electron chi connectivity index (χ3n) is 7.55. The lowest BCUT2D eigenvalue weighted by Gasteiger charge is -2.30. The fourth-order valence-electron chi connectivity index (χ4n) is 5.60. The van der Waals surface area contributed by atoms with Crippen molar-refractivity contribution in [2.24, 2.45) is 0 Å². The Bertz CT molecular complexity index is 1010. The molecule has 0 bridgehead atoms. The van der Waals surface area contributed by atoms with Gasteiger partial charge >= 0.3 is 0 Å². The van der Waals surface area contributed by atoms with E-state index >= 15 is 0 Å². The van der Waals surface area contributed by atoms with Crippen LogP contribution in [0.25, 0.3) is 0 Å². The van der Waals surface area contributed by atoms with Gasteiger partial charge in [0.05, 0.1) is 64.7 Å². The molecule has 3 aliphatic rings. The quantitative estimate of drug-likeness (QED) is 0.427. The van der Waals surface area contributed by atoms with Gasteiger partial charge in [-0.1, -0.05) is 30.3 Å². The Morgan fingerprint density at radius 2 is 1.74 bits per heavy atom. The van der Waals surface area contributed by atoms with Crippen molar-refractivity contribution in [2.45, 2.75) is 25.9 Å². The van der Waals surface area contributed by atoms with E-state index in [1.807, 2.05) is 0 Å². The van der Waals surface area contributed by atoms with E-state index in [4.69, 9.17) is 9.47 Å². The molecule has 0 amide bonds. The number of H-pyrrole nitrogens is 1. The molecule has 1 atom stereocenters. The summed E-state index contributed by atoms with van der Waals surface area (Å²) in [5.74, 6) is 2.06. The number of benzene rings is 1. The van der Waals surface area contributed by atoms with Crippen molar-refractivity contribution in [1.29, 1.82) is 5.26 Å². The number of aromatic nitrogens is 1. The third-order valence-corrected chi connectivity index (χ3v) is 7.55. The number of nitrogens with zero attached hydrogens (tertiary/aromatic N) is 2. The average Bonchev–Trinajstić information content (AvgIpc) is 2.92. The lowest BCUT2D eigenvalue weighted by atomic mass is 9.95. The second-order valence-corrected chi connectivity index (χ2v) is 9.87. The molecule has 2 fully saturated rings. The molecule has 5 rings (SSSR count). The Kier molecular flexibility index (Phi) is 8.11. The van der Waals surface area contributed by atoms with Crippen LogP contribution in [0.1, 0.15) is 28.7 Å². The Hall–Kier alpha value is -2.70. The van der Waals surface area contributed by atoms with Gasteiger partial charge in [-0.25, -0.2) is 4.98 Å². The van der Waals surface area contributed by atoms with Crippen LogP contribution in [0.3, 0.4) is 0 Å². The Balaban J connectivity index is 1.36. The maximum Gasteiger partial charge on any atom is 0.240 e. The van der Waals surface area contributed by atoms with Gasteiger partial charge in [0.1, 0.15) is 37.8 Å². The van der Waals surface area contributed by atoms with E-state index in [0.717, 1.165) is 102 Å². The second kappa shape index (κ2) is 11.8. The summed E-state index contributed by atoms with van der Waals surface area (Å²) in [6.45, 7) is 12.1. The maximum atomic E-state index is 10.2. The standard InChI is InChI=1S/C27H36N6O2/c28-19-24-23-7-10-32(20-22-5-2-1-3-6-22)21-25(23)26(30-27(24)33-13-17-35-18-14-33)29-8-4-9-31-11-15-34-16-12-31/h1-3,5-6H,4,7-18,20-21H2,(H,29,30)/p+3. The largest absolute Gasteiger partial charge is 0.375 e. The van der Waals surface area contributed by atoms with Crippen LogP contribution in [0.4, 0.5) is 11.6 Å². The molecule has 4 heterocycles. The molecule has 3 aliphatic heterocycles. The lowest BCUT2D eigenvalue weighted by Crippen LogP contribution is -3.14. The molecule has 8 heteroatoms. The maximum absolute atomic E-state index is 10.2. The average molecular weight is 480 g/mol. The number of nitrogens with one attached hydrogen (secondary N) is 4. The smallest absolute Gasteiger partial charge is 0.240 e. The van der Waals surface area contributed by atoms with Gasteiger partial charge in [-0.3, -0.25) is 4.90 Å². The van der Waals surface area contributed by atoms with Gasteiger partial charge < -0.3 is 24.6 Å². The number of fused-ring (bicyclic) bond motifs is 1. The minimum absolute atomic E-state index is 0.704. The van der Waals surface area contributed by atoms with Crippen LogP contribution in [0.15, 0.2) is 30.3 Å². The van der Waals surface area contributed by atoms with E-state index in [-0.39, 0.29) is 0 Å². The molecule has 0 aliphatic carbocycles. The third kappa shape index (κ3) is 5.93. The van der Waals surface area contributed by atoms with Crippen molar-refractivity contribution >= 4 is 11.6 Å². The monoisotopic (exact) mass is 479 g/mol. The first-order chi connectivity index (χ1) is 17.3. The van der Waals surface area contributed by atoms with Gasteiger partial charge in [-0.2, -0.15) is 5.26 Å². The van der Waals surface area contributed by atoms with E-state index in [1.165, 1.54) is 16.7 Å². The zero-order valence-electron chi connectivity index (χ0n) is 20.7. The Morgan fingerprint density at radius 1 is 0.971 bits per heavy atom. The number of ether oxygens (including phenoxy) is 2. The van der Waals surface area contributed by atoms with Gasteiger partial charge in [0.25, 0.3) is 0 Å². The zero-order chi connectivity index (χ0) is 23.9. The summed E-state index contributed by atoms with van der Waals surface area (Å²) >= 11 is 0. The minimum Gasteiger partial charge on any atom is -0.375 e. The summed E-state index contributed by atoms with van der Waals surface area (Å²) in [5, 5.41) is 13.9. The molecule has 8 nitrogen and oxygen atoms in total. The Labute approximate surface area is 208 Å². The molecule has 0 saturated carbocycles. The zero-order valence-corrected chi connectivity index (χ0v) is 20.7. The molecule has 1 aromatic carbocycles. The number of pyridine rings is 1. The number of aromatic amines is 1. The number of quaternary nitrogens is 2. The van der Waals surface area contributed by atoms with E-state index in [1.54, 1.807) is 9.80 Å². The van der Waals surface area contributed by atoms with Crippen LogP contribution in [0.5, 0.6) is 0 Å². The van der Waals surface area contributed by atoms with Crippen molar-refractivity contribution in [3.63, 3.8) is 0 Å². The van der Waals surface area contributed by atoms with Crippen LogP contribution in [-0.2, 0) is 29.0 Å². The summed E-state index contributed by atoms with van der Waals surface area (Å²) in [4.78, 5) is 9.15. The highest BCUT2D eigenvalue weighted by Gasteiger charge is 2.33. The van der Waals surface area contributed by atoms with Crippen molar-refractivity contribution in [3.05, 3.63) is 52.6 Å². The molecule has 0 radical (unpaired) electrons. The molecule has 2 saturated heterocycles. The van der Waals surface area contributed by atoms with Crippen LogP contribution in [-0.4, -0.2) is 72.2 Å². The SMILES string of the molecule is N#Cc1c(N2CCOCC2)[nH+]c(NCCC[NH+]2CCOCC2)c2c1CC[NH+](Cc1ccccc1)C2. The molecular formula is C27H39N6O2+3. The van der Waals surface area contributed by atoms with E-state index in [9.17, 15) is 5.26 Å². The van der Waals surface area contributed by atoms with Crippen molar-refractivity contribution < 1.29 is 24.3 Å². The van der Waals surface area contributed by atoms with Crippen LogP contribution in [0.2, 0.25) is 0 Å². The summed E-state index contributed by atoms with van der Waals surface area (Å²) in [6, 6.07) is 13.3. The first-order valence-corrected chi connectivity index (χ1v) is 13.2. The van der Waals surface area contributed by atoms with Crippen LogP contribution >= 0.6 is 0 Å². The first kappa shape index (κ1) is 24.0. The van der Waals surface area contributed by atoms with Gasteiger partial charge in [-0.05, 0) is 5.56 Å². The summed E-state index contributed by atoms with van der Waals surface area (Å²) in [5.41, 5.74) is 4.70. The fraction of sp³-hybridized carbons (Fsp3) is 0.556. The van der Waals surface area contributed by atoms with E-state index in [0.29, 0.717) is 13.2 Å². The van der Waals surface area contributed by atoms with Crippen molar-refractivity contribution in [2.75, 3.05) is 82.5 Å². The normalized spacial score (nSPS) is 20.8. The minimum atomic E-state index is 0.704. The molecule has 4 N–H and O–H groups in total. The highest BCUT2D eigenvalue weighted by atomic mass is 16.5. The number of morpholine rings is 2. The molecule has 0 spiro atoms. The van der Waals surface area contributed by atoms with Gasteiger partial charge in [0.2, 0.25) is 11.6 Å². The number of nitriles is 1. The Morgan fingerprint density at radius 3 is 2.51 bits per heavy atom. The number of hydrogen-bond acceptors (Lipinski definition) is 5. The number of anilines is 2. The molecular weight excluding hydrogens is 440 g/mol. The molecule has 35 heavy (non-hydrogen) atoms. The molecule has 1 aromatic heterocycles. The number of hydrogen-bond donors (Lipinski definition) is 3. The fourth-order valence-corrected chi connectivity index (χ4v) is 5.60. The predicted octanol–water partition coefficient (Wildman–Crippen LogP) is -0.933. The summed E-state index contributed by atoms with van der Waals surface area (Å²) in [7, 11) is 0. The molecule has 2 aromatic rings. The number of rotatable bonds is 8.